The molecule has 0 amide bonds. The summed E-state index contributed by atoms with van der Waals surface area (Å²) in [6.07, 6.45) is 1.34. The molecule has 0 bridgehead atoms. The van der Waals surface area contributed by atoms with Crippen molar-refractivity contribution in [1.82, 2.24) is 9.97 Å². The topological polar surface area (TPSA) is 106 Å². The van der Waals surface area contributed by atoms with E-state index in [0.717, 1.165) is 11.8 Å². The van der Waals surface area contributed by atoms with Gasteiger partial charge in [0.15, 0.2) is 5.03 Å². The average molecular weight is 291 g/mol. The lowest BCUT2D eigenvalue weighted by atomic mass is 10.3. The summed E-state index contributed by atoms with van der Waals surface area (Å²) >= 11 is 0.961. The van der Waals surface area contributed by atoms with Crippen molar-refractivity contribution in [1.29, 1.82) is 0 Å². The molecule has 0 aliphatic rings. The van der Waals surface area contributed by atoms with Crippen LogP contribution in [-0.4, -0.2) is 26.0 Å². The summed E-state index contributed by atoms with van der Waals surface area (Å²) in [6.45, 7) is 1.72. The van der Waals surface area contributed by atoms with Gasteiger partial charge in [0.05, 0.1) is 10.5 Å². The van der Waals surface area contributed by atoms with Crippen molar-refractivity contribution >= 4 is 23.4 Å². The van der Waals surface area contributed by atoms with Crippen LogP contribution in [0.2, 0.25) is 0 Å². The van der Waals surface area contributed by atoms with Crippen LogP contribution < -0.4 is 0 Å². The van der Waals surface area contributed by atoms with E-state index in [1.54, 1.807) is 13.0 Å². The molecule has 0 radical (unpaired) electrons. The lowest BCUT2D eigenvalue weighted by Gasteiger charge is -2.03. The largest absolute Gasteiger partial charge is 0.478 e. The third-order valence-electron chi connectivity index (χ3n) is 2.36. The highest BCUT2D eigenvalue weighted by molar-refractivity contribution is 7.99. The van der Waals surface area contributed by atoms with Gasteiger partial charge in [-0.15, -0.1) is 0 Å². The minimum absolute atomic E-state index is 0.0674. The number of rotatable bonds is 4. The van der Waals surface area contributed by atoms with Gasteiger partial charge < -0.3 is 5.11 Å². The summed E-state index contributed by atoms with van der Waals surface area (Å²) in [5, 5.41) is 20.4. The predicted octanol–water partition coefficient (Wildman–Crippen LogP) is 2.54. The van der Waals surface area contributed by atoms with Gasteiger partial charge in [0.25, 0.3) is 0 Å². The van der Waals surface area contributed by atoms with E-state index in [1.165, 1.54) is 24.4 Å². The van der Waals surface area contributed by atoms with Crippen LogP contribution in [0.1, 0.15) is 16.1 Å². The molecule has 0 fully saturated rings. The molecule has 102 valence electrons. The normalized spacial score (nSPS) is 10.2. The minimum Gasteiger partial charge on any atom is -0.478 e. The molecule has 0 aliphatic carbocycles. The first-order valence-corrected chi connectivity index (χ1v) is 6.28. The predicted molar refractivity (Wildman–Crippen MR) is 70.9 cm³/mol. The summed E-state index contributed by atoms with van der Waals surface area (Å²) in [5.41, 5.74) is 0.563. The highest BCUT2D eigenvalue weighted by Crippen LogP contribution is 2.32. The number of nitro groups is 1. The molecule has 7 nitrogen and oxygen atoms in total. The second kappa shape index (κ2) is 5.66. The Morgan fingerprint density at radius 1 is 1.40 bits per heavy atom. The summed E-state index contributed by atoms with van der Waals surface area (Å²) in [4.78, 5) is 29.4. The SMILES string of the molecule is Cc1ccc([N+](=O)[O-])c(Sc2cc(C(=O)O)ccn2)n1. The Morgan fingerprint density at radius 2 is 2.15 bits per heavy atom. The number of pyridine rings is 2. The van der Waals surface area contributed by atoms with Crippen LogP contribution in [-0.2, 0) is 0 Å². The van der Waals surface area contributed by atoms with E-state index in [4.69, 9.17) is 5.11 Å². The van der Waals surface area contributed by atoms with Gasteiger partial charge in [0.2, 0.25) is 0 Å². The van der Waals surface area contributed by atoms with Crippen molar-refractivity contribution < 1.29 is 14.8 Å². The first kappa shape index (κ1) is 13.9. The molecular weight excluding hydrogens is 282 g/mol. The number of aromatic carboxylic acids is 1. The van der Waals surface area contributed by atoms with E-state index in [0.29, 0.717) is 10.7 Å². The van der Waals surface area contributed by atoms with Crippen molar-refractivity contribution in [3.8, 4) is 0 Å². The Kier molecular flexibility index (Phi) is 3.94. The fraction of sp³-hybridized carbons (Fsp3) is 0.0833. The Hall–Kier alpha value is -2.48. The summed E-state index contributed by atoms with van der Waals surface area (Å²) in [7, 11) is 0. The second-order valence-corrected chi connectivity index (χ2v) is 4.83. The highest BCUT2D eigenvalue weighted by Gasteiger charge is 2.17. The molecule has 0 unspecified atom stereocenters. The van der Waals surface area contributed by atoms with Crippen molar-refractivity contribution in [2.24, 2.45) is 0 Å². The number of aromatic nitrogens is 2. The van der Waals surface area contributed by atoms with Gasteiger partial charge in [-0.2, -0.15) is 0 Å². The Morgan fingerprint density at radius 3 is 2.80 bits per heavy atom. The fourth-order valence-electron chi connectivity index (χ4n) is 1.44. The molecule has 1 N–H and O–H groups in total. The zero-order valence-corrected chi connectivity index (χ0v) is 11.1. The third kappa shape index (κ3) is 3.09. The van der Waals surface area contributed by atoms with Gasteiger partial charge in [-0.1, -0.05) is 0 Å². The molecular formula is C12H9N3O4S. The van der Waals surface area contributed by atoms with Crippen LogP contribution in [0.15, 0.2) is 40.5 Å². The molecule has 0 atom stereocenters. The molecule has 2 aromatic rings. The van der Waals surface area contributed by atoms with Gasteiger partial charge in [-0.3, -0.25) is 10.1 Å². The van der Waals surface area contributed by atoms with Gasteiger partial charge in [0, 0.05) is 18.0 Å². The van der Waals surface area contributed by atoms with E-state index in [2.05, 4.69) is 9.97 Å². The van der Waals surface area contributed by atoms with Gasteiger partial charge in [-0.25, -0.2) is 14.8 Å². The zero-order valence-electron chi connectivity index (χ0n) is 10.3. The van der Waals surface area contributed by atoms with Crippen molar-refractivity contribution in [3.05, 3.63) is 51.8 Å². The van der Waals surface area contributed by atoms with Gasteiger partial charge in [0.1, 0.15) is 5.03 Å². The maximum Gasteiger partial charge on any atom is 0.335 e. The maximum atomic E-state index is 10.9. The van der Waals surface area contributed by atoms with Crippen LogP contribution >= 0.6 is 11.8 Å². The van der Waals surface area contributed by atoms with E-state index in [1.807, 2.05) is 0 Å². The Balaban J connectivity index is 2.39. The molecule has 0 saturated heterocycles. The quantitative estimate of drug-likeness (QED) is 0.681. The van der Waals surface area contributed by atoms with Crippen LogP contribution in [0.4, 0.5) is 5.69 Å². The van der Waals surface area contributed by atoms with E-state index in [9.17, 15) is 14.9 Å². The van der Waals surface area contributed by atoms with Crippen LogP contribution in [0.3, 0.4) is 0 Å². The molecule has 2 rings (SSSR count). The number of carboxylic acids is 1. The average Bonchev–Trinajstić information content (AvgIpc) is 2.38. The van der Waals surface area contributed by atoms with Crippen LogP contribution in [0.5, 0.6) is 0 Å². The first-order valence-electron chi connectivity index (χ1n) is 5.46. The zero-order chi connectivity index (χ0) is 14.7. The maximum absolute atomic E-state index is 10.9. The number of carboxylic acid groups (broad SMARTS) is 1. The third-order valence-corrected chi connectivity index (χ3v) is 3.29. The molecule has 2 heterocycles. The molecule has 0 aromatic carbocycles. The molecule has 8 heteroatoms. The smallest absolute Gasteiger partial charge is 0.335 e. The standard InChI is InChI=1S/C12H9N3O4S/c1-7-2-3-9(15(18)19)11(14-7)20-10-6-8(12(16)17)4-5-13-10/h2-6H,1H3,(H,16,17). The highest BCUT2D eigenvalue weighted by atomic mass is 32.2. The second-order valence-electron chi connectivity index (χ2n) is 3.82. The van der Waals surface area contributed by atoms with Crippen molar-refractivity contribution in [2.75, 3.05) is 0 Å². The molecule has 2 aromatic heterocycles. The van der Waals surface area contributed by atoms with Gasteiger partial charge in [-0.05, 0) is 36.9 Å². The lowest BCUT2D eigenvalue weighted by Crippen LogP contribution is -1.98. The molecule has 0 aliphatic heterocycles. The first-order chi connectivity index (χ1) is 9.47. The van der Waals surface area contributed by atoms with E-state index >= 15 is 0 Å². The summed E-state index contributed by atoms with van der Waals surface area (Å²) < 4.78 is 0. The van der Waals surface area contributed by atoms with E-state index in [-0.39, 0.29) is 16.3 Å². The number of hydrogen-bond donors (Lipinski definition) is 1. The fourth-order valence-corrected chi connectivity index (χ4v) is 2.37. The van der Waals surface area contributed by atoms with Crippen molar-refractivity contribution in [3.63, 3.8) is 0 Å². The summed E-state index contributed by atoms with van der Waals surface area (Å²) in [6, 6.07) is 5.61. The molecule has 0 spiro atoms. The number of nitrogens with zero attached hydrogens (tertiary/aromatic N) is 3. The Labute approximate surface area is 117 Å². The molecule has 20 heavy (non-hydrogen) atoms. The number of carbonyl (C=O) groups is 1. The number of hydrogen-bond acceptors (Lipinski definition) is 6. The summed E-state index contributed by atoms with van der Waals surface area (Å²) in [5.74, 6) is -1.08. The monoisotopic (exact) mass is 291 g/mol. The minimum atomic E-state index is -1.08. The molecule has 0 saturated carbocycles. The Bertz CT molecular complexity index is 690. The van der Waals surface area contributed by atoms with Crippen LogP contribution in [0.25, 0.3) is 0 Å². The lowest BCUT2D eigenvalue weighted by molar-refractivity contribution is -0.388. The van der Waals surface area contributed by atoms with Crippen LogP contribution in [0, 0.1) is 17.0 Å². The number of aryl methyl sites for hydroxylation is 1. The van der Waals surface area contributed by atoms with Crippen molar-refractivity contribution in [2.45, 2.75) is 17.0 Å². The van der Waals surface area contributed by atoms with E-state index < -0.39 is 10.9 Å². The van der Waals surface area contributed by atoms with Gasteiger partial charge >= 0.3 is 11.7 Å².